The van der Waals surface area contributed by atoms with E-state index in [1.807, 2.05) is 18.2 Å². The summed E-state index contributed by atoms with van der Waals surface area (Å²) in [7, 11) is 0. The lowest BCUT2D eigenvalue weighted by Crippen LogP contribution is -2.19. The van der Waals surface area contributed by atoms with E-state index < -0.39 is 0 Å². The highest BCUT2D eigenvalue weighted by molar-refractivity contribution is 7.16. The van der Waals surface area contributed by atoms with Crippen molar-refractivity contribution in [3.8, 4) is 0 Å². The van der Waals surface area contributed by atoms with E-state index in [1.54, 1.807) is 12.1 Å². The zero-order chi connectivity index (χ0) is 14.5. The molecule has 1 N–H and O–H groups in total. The molecule has 0 saturated carbocycles. The third kappa shape index (κ3) is 3.79. The van der Waals surface area contributed by atoms with Crippen LogP contribution in [0.15, 0.2) is 36.4 Å². The van der Waals surface area contributed by atoms with Gasteiger partial charge in [0, 0.05) is 29.6 Å². The second kappa shape index (κ2) is 6.83. The van der Waals surface area contributed by atoms with Crippen LogP contribution in [0.25, 0.3) is 0 Å². The molecule has 20 heavy (non-hydrogen) atoms. The van der Waals surface area contributed by atoms with Crippen LogP contribution in [0.4, 0.5) is 5.69 Å². The number of halogens is 1. The molecule has 0 aliphatic carbocycles. The molecule has 0 fully saturated rings. The van der Waals surface area contributed by atoms with Crippen LogP contribution in [-0.2, 0) is 6.54 Å². The molecule has 106 valence electrons. The quantitative estimate of drug-likeness (QED) is 0.629. The minimum Gasteiger partial charge on any atom is -0.305 e. The van der Waals surface area contributed by atoms with Crippen LogP contribution in [0.3, 0.4) is 0 Å². The fourth-order valence-electron chi connectivity index (χ4n) is 2.02. The van der Waals surface area contributed by atoms with Gasteiger partial charge in [-0.15, -0.1) is 11.3 Å². The number of nitrogens with zero attached hydrogens (tertiary/aromatic N) is 1. The number of thiophene rings is 1. The second-order valence-electron chi connectivity index (χ2n) is 4.40. The molecule has 1 unspecified atom stereocenters. The average molecular weight is 311 g/mol. The van der Waals surface area contributed by atoms with Gasteiger partial charge in [0.05, 0.1) is 9.26 Å². The maximum absolute atomic E-state index is 10.8. The van der Waals surface area contributed by atoms with E-state index in [9.17, 15) is 10.1 Å². The number of non-ortho nitro benzene ring substituents is 1. The van der Waals surface area contributed by atoms with Gasteiger partial charge in [0.25, 0.3) is 5.69 Å². The van der Waals surface area contributed by atoms with Gasteiger partial charge in [-0.3, -0.25) is 10.1 Å². The van der Waals surface area contributed by atoms with E-state index in [2.05, 4.69) is 12.2 Å². The van der Waals surface area contributed by atoms with Crippen molar-refractivity contribution in [1.82, 2.24) is 5.32 Å². The number of hydrogen-bond donors (Lipinski definition) is 1. The zero-order valence-electron chi connectivity index (χ0n) is 11.0. The summed E-state index contributed by atoms with van der Waals surface area (Å²) in [5, 5.41) is 14.2. The summed E-state index contributed by atoms with van der Waals surface area (Å²) in [4.78, 5) is 11.6. The standard InChI is InChI=1S/C14H15ClN2O2S/c1-2-13(16-9-12-6-7-14(15)20-12)10-4-3-5-11(8-10)17(18)19/h3-8,13,16H,2,9H2,1H3. The van der Waals surface area contributed by atoms with E-state index in [-0.39, 0.29) is 16.7 Å². The van der Waals surface area contributed by atoms with E-state index in [1.165, 1.54) is 17.4 Å². The molecule has 1 aromatic heterocycles. The summed E-state index contributed by atoms with van der Waals surface area (Å²) in [6, 6.07) is 10.7. The Morgan fingerprint density at radius 1 is 1.40 bits per heavy atom. The molecule has 4 nitrogen and oxygen atoms in total. The molecule has 2 rings (SSSR count). The van der Waals surface area contributed by atoms with Crippen LogP contribution in [0.1, 0.15) is 29.8 Å². The summed E-state index contributed by atoms with van der Waals surface area (Å²) in [5.41, 5.74) is 1.06. The number of nitrogens with one attached hydrogen (secondary N) is 1. The monoisotopic (exact) mass is 310 g/mol. The molecule has 2 aromatic rings. The van der Waals surface area contributed by atoms with Gasteiger partial charge >= 0.3 is 0 Å². The lowest BCUT2D eigenvalue weighted by Gasteiger charge is -2.16. The highest BCUT2D eigenvalue weighted by atomic mass is 35.5. The van der Waals surface area contributed by atoms with Crippen molar-refractivity contribution in [3.63, 3.8) is 0 Å². The van der Waals surface area contributed by atoms with Crippen LogP contribution in [-0.4, -0.2) is 4.92 Å². The van der Waals surface area contributed by atoms with Gasteiger partial charge in [0.1, 0.15) is 0 Å². The van der Waals surface area contributed by atoms with Crippen LogP contribution < -0.4 is 5.32 Å². The number of nitro benzene ring substituents is 1. The van der Waals surface area contributed by atoms with Crippen LogP contribution >= 0.6 is 22.9 Å². The number of rotatable bonds is 6. The van der Waals surface area contributed by atoms with E-state index in [0.717, 1.165) is 21.2 Å². The van der Waals surface area contributed by atoms with Crippen molar-refractivity contribution in [2.45, 2.75) is 25.9 Å². The van der Waals surface area contributed by atoms with Gasteiger partial charge in [-0.1, -0.05) is 30.7 Å². The Bertz CT molecular complexity index is 600. The third-order valence-corrected chi connectivity index (χ3v) is 4.27. The molecular weight excluding hydrogens is 296 g/mol. The summed E-state index contributed by atoms with van der Waals surface area (Å²) in [6.45, 7) is 2.76. The van der Waals surface area contributed by atoms with Crippen molar-refractivity contribution in [1.29, 1.82) is 0 Å². The van der Waals surface area contributed by atoms with Gasteiger partial charge < -0.3 is 5.32 Å². The van der Waals surface area contributed by atoms with Crippen LogP contribution in [0, 0.1) is 10.1 Å². The Balaban J connectivity index is 2.07. The SMILES string of the molecule is CCC(NCc1ccc(Cl)s1)c1cccc([N+](=O)[O-])c1. The molecular formula is C14H15ClN2O2S. The maximum atomic E-state index is 10.8. The van der Waals surface area contributed by atoms with Crippen LogP contribution in [0.5, 0.6) is 0 Å². The van der Waals surface area contributed by atoms with Crippen molar-refractivity contribution >= 4 is 28.6 Å². The number of nitro groups is 1. The molecule has 0 spiro atoms. The lowest BCUT2D eigenvalue weighted by molar-refractivity contribution is -0.384. The molecule has 0 aliphatic rings. The zero-order valence-corrected chi connectivity index (χ0v) is 12.6. The fraction of sp³-hybridized carbons (Fsp3) is 0.286. The summed E-state index contributed by atoms with van der Waals surface area (Å²) >= 11 is 7.44. The van der Waals surface area contributed by atoms with Crippen LogP contribution in [0.2, 0.25) is 4.34 Å². The maximum Gasteiger partial charge on any atom is 0.269 e. The smallest absolute Gasteiger partial charge is 0.269 e. The number of hydrogen-bond acceptors (Lipinski definition) is 4. The first-order valence-corrected chi connectivity index (χ1v) is 7.51. The summed E-state index contributed by atoms with van der Waals surface area (Å²) < 4.78 is 0.769. The highest BCUT2D eigenvalue weighted by Gasteiger charge is 2.13. The van der Waals surface area contributed by atoms with Crippen molar-refractivity contribution in [2.75, 3.05) is 0 Å². The van der Waals surface area contributed by atoms with Gasteiger partial charge in [0.2, 0.25) is 0 Å². The van der Waals surface area contributed by atoms with E-state index in [4.69, 9.17) is 11.6 Å². The van der Waals surface area contributed by atoms with Crippen molar-refractivity contribution < 1.29 is 4.92 Å². The minimum atomic E-state index is -0.366. The van der Waals surface area contributed by atoms with Gasteiger partial charge in [-0.2, -0.15) is 0 Å². The number of benzene rings is 1. The molecule has 0 bridgehead atoms. The highest BCUT2D eigenvalue weighted by Crippen LogP contribution is 2.24. The molecule has 0 radical (unpaired) electrons. The van der Waals surface area contributed by atoms with Gasteiger partial charge in [0.15, 0.2) is 0 Å². The molecule has 1 aromatic carbocycles. The molecule has 1 heterocycles. The fourth-order valence-corrected chi connectivity index (χ4v) is 3.06. The third-order valence-electron chi connectivity index (χ3n) is 3.04. The minimum absolute atomic E-state index is 0.0933. The first-order valence-electron chi connectivity index (χ1n) is 6.32. The topological polar surface area (TPSA) is 55.2 Å². The van der Waals surface area contributed by atoms with E-state index in [0.29, 0.717) is 6.54 Å². The van der Waals surface area contributed by atoms with Crippen molar-refractivity contribution in [3.05, 3.63) is 61.3 Å². The first kappa shape index (κ1) is 15.0. The second-order valence-corrected chi connectivity index (χ2v) is 6.20. The molecule has 0 saturated heterocycles. The Labute approximate surface area is 126 Å². The van der Waals surface area contributed by atoms with Crippen molar-refractivity contribution in [2.24, 2.45) is 0 Å². The summed E-state index contributed by atoms with van der Waals surface area (Å²) in [5.74, 6) is 0. The Kier molecular flexibility index (Phi) is 5.11. The largest absolute Gasteiger partial charge is 0.305 e. The van der Waals surface area contributed by atoms with Gasteiger partial charge in [-0.05, 0) is 24.1 Å². The predicted octanol–water partition coefficient (Wildman–Crippen LogP) is 4.55. The normalized spacial score (nSPS) is 12.3. The average Bonchev–Trinajstić information content (AvgIpc) is 2.85. The summed E-state index contributed by atoms with van der Waals surface area (Å²) in [6.07, 6.45) is 0.861. The Morgan fingerprint density at radius 3 is 2.80 bits per heavy atom. The molecule has 6 heteroatoms. The lowest BCUT2D eigenvalue weighted by atomic mass is 10.0. The van der Waals surface area contributed by atoms with E-state index >= 15 is 0 Å². The predicted molar refractivity (Wildman–Crippen MR) is 82.3 cm³/mol. The first-order chi connectivity index (χ1) is 9.60. The molecule has 0 aliphatic heterocycles. The molecule has 1 atom stereocenters. The molecule has 0 amide bonds. The van der Waals surface area contributed by atoms with Gasteiger partial charge in [-0.25, -0.2) is 0 Å². The Morgan fingerprint density at radius 2 is 2.20 bits per heavy atom. The Hall–Kier alpha value is -1.43.